The van der Waals surface area contributed by atoms with Gasteiger partial charge in [-0.2, -0.15) is 0 Å². The maximum Gasteiger partial charge on any atom is 0.0867 e. The number of ether oxygens (including phenoxy) is 1. The zero-order valence-corrected chi connectivity index (χ0v) is 7.05. The zero-order valence-electron chi connectivity index (χ0n) is 7.05. The summed E-state index contributed by atoms with van der Waals surface area (Å²) >= 11 is 0. The lowest BCUT2D eigenvalue weighted by atomic mass is 10.2. The van der Waals surface area contributed by atoms with Crippen LogP contribution in [0, 0.1) is 0 Å². The zero-order chi connectivity index (χ0) is 7.68. The average Bonchev–Trinajstić information content (AvgIpc) is 2.46. The van der Waals surface area contributed by atoms with Gasteiger partial charge >= 0.3 is 0 Å². The Hall–Kier alpha value is -0.120. The van der Waals surface area contributed by atoms with Crippen molar-refractivity contribution in [2.45, 2.75) is 19.1 Å². The van der Waals surface area contributed by atoms with Gasteiger partial charge in [0.05, 0.1) is 12.7 Å². The standard InChI is InChI=1S/C8H16N2O/c1-2-10-5-7-8(6-10)11-4-3-9-7/h7-9H,2-6H2,1H3/t7-,8-/m1/s1. The van der Waals surface area contributed by atoms with E-state index in [0.717, 1.165) is 26.2 Å². The predicted octanol–water partition coefficient (Wildman–Crippen LogP) is -0.321. The molecule has 1 N–H and O–H groups in total. The second kappa shape index (κ2) is 3.09. The van der Waals surface area contributed by atoms with Crippen LogP contribution in [-0.4, -0.2) is 49.8 Å². The molecule has 64 valence electrons. The van der Waals surface area contributed by atoms with Crippen LogP contribution in [0.15, 0.2) is 0 Å². The van der Waals surface area contributed by atoms with Crippen molar-refractivity contribution in [1.82, 2.24) is 10.2 Å². The molecule has 2 aliphatic rings. The van der Waals surface area contributed by atoms with E-state index in [9.17, 15) is 0 Å². The van der Waals surface area contributed by atoms with E-state index in [1.807, 2.05) is 0 Å². The molecule has 0 aromatic carbocycles. The molecule has 0 aliphatic carbocycles. The van der Waals surface area contributed by atoms with Gasteiger partial charge in [0.15, 0.2) is 0 Å². The van der Waals surface area contributed by atoms with E-state index in [2.05, 4.69) is 17.1 Å². The number of fused-ring (bicyclic) bond motifs is 1. The second-order valence-corrected chi connectivity index (χ2v) is 3.32. The van der Waals surface area contributed by atoms with Gasteiger partial charge in [-0.15, -0.1) is 0 Å². The summed E-state index contributed by atoms with van der Waals surface area (Å²) in [5.41, 5.74) is 0. The molecule has 2 rings (SSSR count). The molecule has 0 unspecified atom stereocenters. The van der Waals surface area contributed by atoms with Crippen LogP contribution in [0.2, 0.25) is 0 Å². The van der Waals surface area contributed by atoms with Crippen LogP contribution >= 0.6 is 0 Å². The molecule has 3 heteroatoms. The summed E-state index contributed by atoms with van der Waals surface area (Å²) < 4.78 is 5.63. The smallest absolute Gasteiger partial charge is 0.0867 e. The van der Waals surface area contributed by atoms with Gasteiger partial charge < -0.3 is 10.1 Å². The summed E-state index contributed by atoms with van der Waals surface area (Å²) in [6.07, 6.45) is 0.462. The normalized spacial score (nSPS) is 39.0. The van der Waals surface area contributed by atoms with Crippen molar-refractivity contribution in [1.29, 1.82) is 0 Å². The highest BCUT2D eigenvalue weighted by Gasteiger charge is 2.34. The number of likely N-dealkylation sites (N-methyl/N-ethyl adjacent to an activating group) is 1. The molecule has 2 atom stereocenters. The first kappa shape index (κ1) is 7.53. The van der Waals surface area contributed by atoms with Crippen LogP contribution in [-0.2, 0) is 4.74 Å². The summed E-state index contributed by atoms with van der Waals surface area (Å²) in [4.78, 5) is 2.44. The van der Waals surface area contributed by atoms with Gasteiger partial charge in [0.1, 0.15) is 0 Å². The van der Waals surface area contributed by atoms with Crippen molar-refractivity contribution >= 4 is 0 Å². The van der Waals surface area contributed by atoms with Crippen LogP contribution in [0.3, 0.4) is 0 Å². The monoisotopic (exact) mass is 156 g/mol. The molecule has 2 heterocycles. The highest BCUT2D eigenvalue weighted by molar-refractivity contribution is 4.91. The summed E-state index contributed by atoms with van der Waals surface area (Å²) in [5, 5.41) is 3.48. The van der Waals surface area contributed by atoms with Crippen molar-refractivity contribution in [2.75, 3.05) is 32.8 Å². The average molecular weight is 156 g/mol. The Morgan fingerprint density at radius 2 is 2.45 bits per heavy atom. The molecule has 0 spiro atoms. The van der Waals surface area contributed by atoms with E-state index in [0.29, 0.717) is 12.1 Å². The second-order valence-electron chi connectivity index (χ2n) is 3.32. The Bertz CT molecular complexity index is 126. The molecular formula is C8H16N2O. The van der Waals surface area contributed by atoms with Crippen LogP contribution in [0.4, 0.5) is 0 Å². The molecule has 0 aromatic rings. The number of hydrogen-bond acceptors (Lipinski definition) is 3. The topological polar surface area (TPSA) is 24.5 Å². The highest BCUT2D eigenvalue weighted by Crippen LogP contribution is 2.15. The third-order valence-corrected chi connectivity index (χ3v) is 2.63. The van der Waals surface area contributed by atoms with Crippen molar-refractivity contribution in [3.63, 3.8) is 0 Å². The number of likely N-dealkylation sites (tertiary alicyclic amines) is 1. The Morgan fingerprint density at radius 3 is 3.18 bits per heavy atom. The van der Waals surface area contributed by atoms with E-state index in [4.69, 9.17) is 4.74 Å². The number of nitrogens with zero attached hydrogens (tertiary/aromatic N) is 1. The molecule has 0 aromatic heterocycles. The molecule has 0 amide bonds. The quantitative estimate of drug-likeness (QED) is 0.563. The minimum atomic E-state index is 0.462. The Labute approximate surface area is 67.7 Å². The maximum absolute atomic E-state index is 5.63. The van der Waals surface area contributed by atoms with E-state index in [1.165, 1.54) is 6.54 Å². The van der Waals surface area contributed by atoms with Crippen molar-refractivity contribution in [2.24, 2.45) is 0 Å². The molecule has 0 bridgehead atoms. The predicted molar refractivity (Wildman–Crippen MR) is 43.6 cm³/mol. The van der Waals surface area contributed by atoms with Crippen LogP contribution < -0.4 is 5.32 Å². The molecule has 0 saturated carbocycles. The summed E-state index contributed by atoms with van der Waals surface area (Å²) in [6.45, 7) is 7.56. The first-order chi connectivity index (χ1) is 5.40. The highest BCUT2D eigenvalue weighted by atomic mass is 16.5. The molecule has 2 aliphatic heterocycles. The van der Waals surface area contributed by atoms with Crippen LogP contribution in [0.1, 0.15) is 6.92 Å². The lowest BCUT2D eigenvalue weighted by Gasteiger charge is -2.25. The van der Waals surface area contributed by atoms with Gasteiger partial charge in [-0.1, -0.05) is 6.92 Å². The number of hydrogen-bond donors (Lipinski definition) is 1. The summed E-state index contributed by atoms with van der Waals surface area (Å²) in [5.74, 6) is 0. The SMILES string of the molecule is CCN1C[C@H]2NCCO[C@@H]2C1. The fourth-order valence-electron chi connectivity index (χ4n) is 1.93. The number of nitrogens with one attached hydrogen (secondary N) is 1. The summed E-state index contributed by atoms with van der Waals surface area (Å²) in [7, 11) is 0. The van der Waals surface area contributed by atoms with Gasteiger partial charge in [0.25, 0.3) is 0 Å². The number of morpholine rings is 1. The lowest BCUT2D eigenvalue weighted by Crippen LogP contribution is -2.47. The summed E-state index contributed by atoms with van der Waals surface area (Å²) in [6, 6.07) is 0.601. The fourth-order valence-corrected chi connectivity index (χ4v) is 1.93. The van der Waals surface area contributed by atoms with Crippen molar-refractivity contribution < 1.29 is 4.74 Å². The first-order valence-corrected chi connectivity index (χ1v) is 4.47. The van der Waals surface area contributed by atoms with E-state index in [1.54, 1.807) is 0 Å². The maximum atomic E-state index is 5.63. The molecule has 2 saturated heterocycles. The van der Waals surface area contributed by atoms with Crippen molar-refractivity contribution in [3.05, 3.63) is 0 Å². The third-order valence-electron chi connectivity index (χ3n) is 2.63. The van der Waals surface area contributed by atoms with Crippen molar-refractivity contribution in [3.8, 4) is 0 Å². The Balaban J connectivity index is 1.92. The fraction of sp³-hybridized carbons (Fsp3) is 1.00. The lowest BCUT2D eigenvalue weighted by molar-refractivity contribution is 0.0179. The molecule has 3 nitrogen and oxygen atoms in total. The third kappa shape index (κ3) is 1.41. The van der Waals surface area contributed by atoms with Crippen LogP contribution in [0.25, 0.3) is 0 Å². The first-order valence-electron chi connectivity index (χ1n) is 4.47. The Morgan fingerprint density at radius 1 is 1.55 bits per heavy atom. The van der Waals surface area contributed by atoms with Crippen LogP contribution in [0.5, 0.6) is 0 Å². The van der Waals surface area contributed by atoms with Gasteiger partial charge in [0, 0.05) is 25.7 Å². The number of rotatable bonds is 1. The molecular weight excluding hydrogens is 140 g/mol. The minimum absolute atomic E-state index is 0.462. The molecule has 0 radical (unpaired) electrons. The Kier molecular flexibility index (Phi) is 2.11. The van der Waals surface area contributed by atoms with E-state index in [-0.39, 0.29) is 0 Å². The van der Waals surface area contributed by atoms with Gasteiger partial charge in [0.2, 0.25) is 0 Å². The largest absolute Gasteiger partial charge is 0.374 e. The minimum Gasteiger partial charge on any atom is -0.374 e. The molecule has 2 fully saturated rings. The molecule has 11 heavy (non-hydrogen) atoms. The van der Waals surface area contributed by atoms with Gasteiger partial charge in [-0.05, 0) is 6.54 Å². The van der Waals surface area contributed by atoms with Gasteiger partial charge in [-0.3, -0.25) is 4.90 Å². The van der Waals surface area contributed by atoms with E-state index >= 15 is 0 Å². The van der Waals surface area contributed by atoms with Gasteiger partial charge in [-0.25, -0.2) is 0 Å². The van der Waals surface area contributed by atoms with E-state index < -0.39 is 0 Å².